The Morgan fingerprint density at radius 2 is 2.11 bits per heavy atom. The summed E-state index contributed by atoms with van der Waals surface area (Å²) in [6.45, 7) is 4.57. The van der Waals surface area contributed by atoms with Crippen LogP contribution in [0.15, 0.2) is 42.0 Å². The average molecular weight is 256 g/mol. The Hall–Kier alpha value is -1.71. The van der Waals surface area contributed by atoms with Crippen molar-refractivity contribution in [3.8, 4) is 0 Å². The van der Waals surface area contributed by atoms with Crippen molar-refractivity contribution in [2.24, 2.45) is 0 Å². The van der Waals surface area contributed by atoms with Crippen LogP contribution < -0.4 is 5.32 Å². The molecule has 0 aliphatic carbocycles. The van der Waals surface area contributed by atoms with Crippen molar-refractivity contribution in [1.82, 2.24) is 10.3 Å². The maximum Gasteiger partial charge on any atom is 0.0709 e. The molecule has 3 nitrogen and oxygen atoms in total. The van der Waals surface area contributed by atoms with E-state index >= 15 is 0 Å². The van der Waals surface area contributed by atoms with Crippen LogP contribution in [0.25, 0.3) is 17.0 Å². The molecular weight excluding hydrogens is 236 g/mol. The first-order valence-corrected chi connectivity index (χ1v) is 6.52. The van der Waals surface area contributed by atoms with Crippen molar-refractivity contribution in [1.29, 1.82) is 0 Å². The number of rotatable bonds is 6. The van der Waals surface area contributed by atoms with Gasteiger partial charge in [0.2, 0.25) is 0 Å². The van der Waals surface area contributed by atoms with Crippen LogP contribution in [0, 0.1) is 0 Å². The quantitative estimate of drug-likeness (QED) is 0.807. The highest BCUT2D eigenvalue weighted by Gasteiger charge is 1.96. The Bertz CT molecular complexity index is 563. The Labute approximate surface area is 114 Å². The second-order valence-corrected chi connectivity index (χ2v) is 4.59. The fourth-order valence-electron chi connectivity index (χ4n) is 1.93. The van der Waals surface area contributed by atoms with Gasteiger partial charge in [0.1, 0.15) is 0 Å². The van der Waals surface area contributed by atoms with E-state index in [1.54, 1.807) is 7.11 Å². The highest BCUT2D eigenvalue weighted by atomic mass is 16.5. The van der Waals surface area contributed by atoms with Gasteiger partial charge in [0.15, 0.2) is 0 Å². The van der Waals surface area contributed by atoms with Gasteiger partial charge >= 0.3 is 0 Å². The second kappa shape index (κ2) is 7.02. The van der Waals surface area contributed by atoms with Crippen molar-refractivity contribution < 1.29 is 4.74 Å². The first-order valence-electron chi connectivity index (χ1n) is 6.52. The zero-order chi connectivity index (χ0) is 13.5. The van der Waals surface area contributed by atoms with E-state index in [4.69, 9.17) is 4.74 Å². The van der Waals surface area contributed by atoms with E-state index in [0.29, 0.717) is 0 Å². The van der Waals surface area contributed by atoms with Crippen LogP contribution >= 0.6 is 0 Å². The van der Waals surface area contributed by atoms with E-state index in [2.05, 4.69) is 41.5 Å². The molecule has 0 saturated carbocycles. The molecule has 0 aliphatic heterocycles. The molecule has 0 atom stereocenters. The Balaban J connectivity index is 2.03. The SMILES string of the molecule is COCCNCC(C)=Cc1ccc2ccccc2n1. The van der Waals surface area contributed by atoms with Gasteiger partial charge in [-0.15, -0.1) is 0 Å². The maximum absolute atomic E-state index is 5.00. The molecule has 0 amide bonds. The van der Waals surface area contributed by atoms with E-state index in [0.717, 1.165) is 30.9 Å². The van der Waals surface area contributed by atoms with Gasteiger partial charge in [-0.1, -0.05) is 29.8 Å². The van der Waals surface area contributed by atoms with E-state index in [1.807, 2.05) is 18.2 Å². The molecule has 2 rings (SSSR count). The molecular formula is C16H20N2O. The molecule has 0 fully saturated rings. The van der Waals surface area contributed by atoms with Gasteiger partial charge in [0.05, 0.1) is 17.8 Å². The van der Waals surface area contributed by atoms with Crippen molar-refractivity contribution in [3.63, 3.8) is 0 Å². The lowest BCUT2D eigenvalue weighted by molar-refractivity contribution is 0.200. The number of pyridine rings is 1. The van der Waals surface area contributed by atoms with Gasteiger partial charge < -0.3 is 10.1 Å². The predicted octanol–water partition coefficient (Wildman–Crippen LogP) is 2.87. The molecule has 1 aromatic carbocycles. The number of fused-ring (bicyclic) bond motifs is 1. The Morgan fingerprint density at radius 3 is 2.95 bits per heavy atom. The molecule has 1 aromatic heterocycles. The zero-order valence-electron chi connectivity index (χ0n) is 11.5. The maximum atomic E-state index is 5.00. The van der Waals surface area contributed by atoms with Crippen molar-refractivity contribution in [2.45, 2.75) is 6.92 Å². The largest absolute Gasteiger partial charge is 0.383 e. The minimum atomic E-state index is 0.738. The lowest BCUT2D eigenvalue weighted by Crippen LogP contribution is -2.20. The number of ether oxygens (including phenoxy) is 1. The van der Waals surface area contributed by atoms with Crippen LogP contribution in [0.3, 0.4) is 0 Å². The van der Waals surface area contributed by atoms with Gasteiger partial charge in [0, 0.05) is 25.6 Å². The molecule has 3 heteroatoms. The molecule has 0 saturated heterocycles. The highest BCUT2D eigenvalue weighted by Crippen LogP contribution is 2.13. The summed E-state index contributed by atoms with van der Waals surface area (Å²) in [7, 11) is 1.71. The molecule has 1 heterocycles. The number of benzene rings is 1. The van der Waals surface area contributed by atoms with E-state index < -0.39 is 0 Å². The van der Waals surface area contributed by atoms with Gasteiger partial charge in [-0.25, -0.2) is 4.98 Å². The number of hydrogen-bond acceptors (Lipinski definition) is 3. The molecule has 100 valence electrons. The molecule has 0 bridgehead atoms. The smallest absolute Gasteiger partial charge is 0.0709 e. The first-order chi connectivity index (χ1) is 9.29. The topological polar surface area (TPSA) is 34.1 Å². The number of nitrogens with one attached hydrogen (secondary N) is 1. The lowest BCUT2D eigenvalue weighted by Gasteiger charge is -2.05. The van der Waals surface area contributed by atoms with Gasteiger partial charge in [-0.2, -0.15) is 0 Å². The van der Waals surface area contributed by atoms with Gasteiger partial charge in [-0.3, -0.25) is 0 Å². The second-order valence-electron chi connectivity index (χ2n) is 4.59. The number of methoxy groups -OCH3 is 1. The first kappa shape index (κ1) is 13.7. The Morgan fingerprint density at radius 1 is 1.26 bits per heavy atom. The minimum absolute atomic E-state index is 0.738. The number of nitrogens with zero attached hydrogens (tertiary/aromatic N) is 1. The number of para-hydroxylation sites is 1. The average Bonchev–Trinajstić information content (AvgIpc) is 2.43. The molecule has 0 unspecified atom stereocenters. The summed E-state index contributed by atoms with van der Waals surface area (Å²) in [6.07, 6.45) is 2.12. The summed E-state index contributed by atoms with van der Waals surface area (Å²) in [4.78, 5) is 4.63. The standard InChI is InChI=1S/C16H20N2O/c1-13(12-17-9-10-19-2)11-15-8-7-14-5-3-4-6-16(14)18-15/h3-8,11,17H,9-10,12H2,1-2H3. The monoisotopic (exact) mass is 256 g/mol. The van der Waals surface area contributed by atoms with Crippen LogP contribution in [-0.4, -0.2) is 31.8 Å². The number of hydrogen-bond donors (Lipinski definition) is 1. The molecule has 0 radical (unpaired) electrons. The van der Waals surface area contributed by atoms with Gasteiger partial charge in [0.25, 0.3) is 0 Å². The highest BCUT2D eigenvalue weighted by molar-refractivity contribution is 5.79. The zero-order valence-corrected chi connectivity index (χ0v) is 11.5. The summed E-state index contributed by atoms with van der Waals surface area (Å²) in [6, 6.07) is 12.3. The van der Waals surface area contributed by atoms with Crippen molar-refractivity contribution in [3.05, 3.63) is 47.7 Å². The van der Waals surface area contributed by atoms with Crippen LogP contribution in [-0.2, 0) is 4.74 Å². The van der Waals surface area contributed by atoms with Gasteiger partial charge in [-0.05, 0) is 25.1 Å². The normalized spacial score (nSPS) is 12.0. The third kappa shape index (κ3) is 4.16. The third-order valence-corrected chi connectivity index (χ3v) is 2.90. The summed E-state index contributed by atoms with van der Waals surface area (Å²) in [5, 5.41) is 4.50. The fourth-order valence-corrected chi connectivity index (χ4v) is 1.93. The molecule has 0 aliphatic rings. The Kier molecular flexibility index (Phi) is 5.07. The van der Waals surface area contributed by atoms with Crippen LogP contribution in [0.1, 0.15) is 12.6 Å². The molecule has 1 N–H and O–H groups in total. The lowest BCUT2D eigenvalue weighted by atomic mass is 10.1. The van der Waals surface area contributed by atoms with Crippen molar-refractivity contribution >= 4 is 17.0 Å². The molecule has 19 heavy (non-hydrogen) atoms. The molecule has 2 aromatic rings. The third-order valence-electron chi connectivity index (χ3n) is 2.90. The summed E-state index contributed by atoms with van der Waals surface area (Å²) in [5.41, 5.74) is 3.31. The van der Waals surface area contributed by atoms with Crippen LogP contribution in [0.2, 0.25) is 0 Å². The van der Waals surface area contributed by atoms with Crippen LogP contribution in [0.4, 0.5) is 0 Å². The van der Waals surface area contributed by atoms with E-state index in [9.17, 15) is 0 Å². The van der Waals surface area contributed by atoms with Crippen LogP contribution in [0.5, 0.6) is 0 Å². The van der Waals surface area contributed by atoms with Crippen molar-refractivity contribution in [2.75, 3.05) is 26.8 Å². The summed E-state index contributed by atoms with van der Waals surface area (Å²) >= 11 is 0. The summed E-state index contributed by atoms with van der Waals surface area (Å²) in [5.74, 6) is 0. The summed E-state index contributed by atoms with van der Waals surface area (Å²) < 4.78 is 5.00. The predicted molar refractivity (Wildman–Crippen MR) is 80.1 cm³/mol. The molecule has 0 spiro atoms. The van der Waals surface area contributed by atoms with E-state index in [1.165, 1.54) is 11.0 Å². The fraction of sp³-hybridized carbons (Fsp3) is 0.312. The minimum Gasteiger partial charge on any atom is -0.383 e. The number of aromatic nitrogens is 1. The van der Waals surface area contributed by atoms with E-state index in [-0.39, 0.29) is 0 Å².